The van der Waals surface area contributed by atoms with Gasteiger partial charge in [-0.05, 0) is 38.2 Å². The number of amides is 1. The van der Waals surface area contributed by atoms with E-state index in [4.69, 9.17) is 8.94 Å². The van der Waals surface area contributed by atoms with E-state index in [1.807, 2.05) is 0 Å². The van der Waals surface area contributed by atoms with Gasteiger partial charge in [-0.3, -0.25) is 9.69 Å². The van der Waals surface area contributed by atoms with E-state index in [0.717, 1.165) is 44.6 Å². The van der Waals surface area contributed by atoms with Crippen molar-refractivity contribution in [2.45, 2.75) is 59.0 Å². The summed E-state index contributed by atoms with van der Waals surface area (Å²) in [5.41, 5.74) is 0.618. The smallest absolute Gasteiger partial charge is 0.255 e. The second-order valence-corrected chi connectivity index (χ2v) is 7.45. The Morgan fingerprint density at radius 1 is 1.38 bits per heavy atom. The highest BCUT2D eigenvalue weighted by molar-refractivity contribution is 5.95. The Morgan fingerprint density at radius 3 is 2.81 bits per heavy atom. The number of rotatable bonds is 7. The number of carbonyl (C=O) groups is 1. The van der Waals surface area contributed by atoms with Crippen molar-refractivity contribution in [2.75, 3.05) is 13.1 Å². The highest BCUT2D eigenvalue weighted by Crippen LogP contribution is 2.16. The van der Waals surface area contributed by atoms with Crippen molar-refractivity contribution < 1.29 is 13.7 Å². The van der Waals surface area contributed by atoms with E-state index in [0.29, 0.717) is 29.7 Å². The van der Waals surface area contributed by atoms with Gasteiger partial charge in [0.05, 0.1) is 18.4 Å². The van der Waals surface area contributed by atoms with Crippen molar-refractivity contribution >= 4 is 5.91 Å². The van der Waals surface area contributed by atoms with E-state index < -0.39 is 0 Å². The van der Waals surface area contributed by atoms with E-state index in [1.54, 1.807) is 19.3 Å². The van der Waals surface area contributed by atoms with Crippen LogP contribution in [0.4, 0.5) is 0 Å². The van der Waals surface area contributed by atoms with Crippen LogP contribution in [0.1, 0.15) is 60.9 Å². The summed E-state index contributed by atoms with van der Waals surface area (Å²) in [5.74, 6) is 2.72. The Bertz CT molecular complexity index is 714. The molecule has 3 rings (SSSR count). The molecule has 0 unspecified atom stereocenters. The summed E-state index contributed by atoms with van der Waals surface area (Å²) in [5, 5.41) is 7.17. The molecule has 2 aromatic heterocycles. The van der Waals surface area contributed by atoms with Crippen molar-refractivity contribution in [2.24, 2.45) is 5.92 Å². The van der Waals surface area contributed by atoms with Crippen LogP contribution in [0.15, 0.2) is 21.3 Å². The molecule has 0 bridgehead atoms. The fourth-order valence-electron chi connectivity index (χ4n) is 3.18. The van der Waals surface area contributed by atoms with Crippen LogP contribution in [0.2, 0.25) is 0 Å². The summed E-state index contributed by atoms with van der Waals surface area (Å²) in [6.45, 7) is 8.67. The first-order valence-corrected chi connectivity index (χ1v) is 9.40. The first-order valence-electron chi connectivity index (χ1n) is 9.40. The number of hydrogen-bond donors (Lipinski definition) is 1. The number of hydrogen-bond acceptors (Lipinski definition) is 6. The maximum atomic E-state index is 12.3. The molecule has 142 valence electrons. The average molecular weight is 360 g/mol. The Hall–Kier alpha value is -2.15. The maximum absolute atomic E-state index is 12.3. The zero-order valence-electron chi connectivity index (χ0n) is 15.8. The molecule has 2 aromatic rings. The highest BCUT2D eigenvalue weighted by Gasteiger charge is 2.23. The SMILES string of the molecule is Cc1occc1C(=O)NC1CCN(Cc2nc(CCC(C)C)no2)CC1. The molecule has 1 saturated heterocycles. The van der Waals surface area contributed by atoms with E-state index in [1.165, 1.54) is 0 Å². The lowest BCUT2D eigenvalue weighted by atomic mass is 10.0. The van der Waals surface area contributed by atoms with Gasteiger partial charge in [-0.2, -0.15) is 4.98 Å². The van der Waals surface area contributed by atoms with Crippen molar-refractivity contribution in [3.8, 4) is 0 Å². The largest absolute Gasteiger partial charge is 0.469 e. The summed E-state index contributed by atoms with van der Waals surface area (Å²) in [6.07, 6.45) is 5.31. The zero-order chi connectivity index (χ0) is 18.5. The molecule has 1 amide bonds. The van der Waals surface area contributed by atoms with E-state index >= 15 is 0 Å². The summed E-state index contributed by atoms with van der Waals surface area (Å²) in [6, 6.07) is 1.91. The monoisotopic (exact) mass is 360 g/mol. The van der Waals surface area contributed by atoms with Crippen molar-refractivity contribution in [3.05, 3.63) is 35.4 Å². The highest BCUT2D eigenvalue weighted by atomic mass is 16.5. The van der Waals surface area contributed by atoms with Crippen LogP contribution >= 0.6 is 0 Å². The van der Waals surface area contributed by atoms with Crippen LogP contribution in [0.3, 0.4) is 0 Å². The minimum Gasteiger partial charge on any atom is -0.469 e. The van der Waals surface area contributed by atoms with E-state index in [-0.39, 0.29) is 11.9 Å². The molecule has 0 aliphatic carbocycles. The number of carbonyl (C=O) groups excluding carboxylic acids is 1. The normalized spacial score (nSPS) is 16.3. The Balaban J connectivity index is 1.42. The first kappa shape index (κ1) is 18.6. The average Bonchev–Trinajstić information content (AvgIpc) is 3.23. The van der Waals surface area contributed by atoms with Gasteiger partial charge in [0.1, 0.15) is 5.76 Å². The van der Waals surface area contributed by atoms with Gasteiger partial charge >= 0.3 is 0 Å². The van der Waals surface area contributed by atoms with Gasteiger partial charge < -0.3 is 14.3 Å². The van der Waals surface area contributed by atoms with Crippen LogP contribution < -0.4 is 5.32 Å². The lowest BCUT2D eigenvalue weighted by Crippen LogP contribution is -2.44. The predicted molar refractivity (Wildman–Crippen MR) is 96.7 cm³/mol. The molecular formula is C19H28N4O3. The second-order valence-electron chi connectivity index (χ2n) is 7.45. The molecule has 1 fully saturated rings. The third-order valence-corrected chi connectivity index (χ3v) is 4.84. The quantitative estimate of drug-likeness (QED) is 0.817. The van der Waals surface area contributed by atoms with Gasteiger partial charge in [0, 0.05) is 25.6 Å². The minimum atomic E-state index is -0.0543. The Morgan fingerprint density at radius 2 is 2.15 bits per heavy atom. The maximum Gasteiger partial charge on any atom is 0.255 e. The number of furan rings is 1. The minimum absolute atomic E-state index is 0.0543. The molecule has 1 N–H and O–H groups in total. The number of piperidine rings is 1. The lowest BCUT2D eigenvalue weighted by molar-refractivity contribution is 0.0903. The van der Waals surface area contributed by atoms with Gasteiger partial charge in [-0.15, -0.1) is 0 Å². The van der Waals surface area contributed by atoms with Crippen LogP contribution in [-0.4, -0.2) is 40.1 Å². The molecule has 1 aliphatic heterocycles. The van der Waals surface area contributed by atoms with Crippen molar-refractivity contribution in [1.82, 2.24) is 20.4 Å². The van der Waals surface area contributed by atoms with E-state index in [9.17, 15) is 4.79 Å². The molecular weight excluding hydrogens is 332 g/mol. The topological polar surface area (TPSA) is 84.4 Å². The molecule has 0 saturated carbocycles. The van der Waals surface area contributed by atoms with Crippen molar-refractivity contribution in [1.29, 1.82) is 0 Å². The third-order valence-electron chi connectivity index (χ3n) is 4.84. The molecule has 1 aliphatic rings. The van der Waals surface area contributed by atoms with Gasteiger partial charge in [0.25, 0.3) is 5.91 Å². The number of aromatic nitrogens is 2. The van der Waals surface area contributed by atoms with Crippen LogP contribution in [-0.2, 0) is 13.0 Å². The van der Waals surface area contributed by atoms with E-state index in [2.05, 4.69) is 34.2 Å². The molecule has 7 heteroatoms. The standard InChI is InChI=1S/C19H28N4O3/c1-13(2)4-5-17-21-18(26-22-17)12-23-9-6-15(7-10-23)20-19(24)16-8-11-25-14(16)3/h8,11,13,15H,4-7,9-10,12H2,1-3H3,(H,20,24). The van der Waals surface area contributed by atoms with Crippen molar-refractivity contribution in [3.63, 3.8) is 0 Å². The van der Waals surface area contributed by atoms with Crippen LogP contribution in [0.5, 0.6) is 0 Å². The van der Waals surface area contributed by atoms with Crippen LogP contribution in [0.25, 0.3) is 0 Å². The molecule has 0 aromatic carbocycles. The summed E-state index contributed by atoms with van der Waals surface area (Å²) in [4.78, 5) is 19.0. The number of nitrogens with zero attached hydrogens (tertiary/aromatic N) is 3. The second kappa shape index (κ2) is 8.49. The molecule has 7 nitrogen and oxygen atoms in total. The molecule has 3 heterocycles. The molecule has 0 radical (unpaired) electrons. The van der Waals surface area contributed by atoms with Gasteiger partial charge in [-0.25, -0.2) is 0 Å². The fourth-order valence-corrected chi connectivity index (χ4v) is 3.18. The van der Waals surface area contributed by atoms with Gasteiger partial charge in [0.15, 0.2) is 5.82 Å². The zero-order valence-corrected chi connectivity index (χ0v) is 15.8. The summed E-state index contributed by atoms with van der Waals surface area (Å²) in [7, 11) is 0. The number of aryl methyl sites for hydroxylation is 2. The summed E-state index contributed by atoms with van der Waals surface area (Å²) >= 11 is 0. The fraction of sp³-hybridized carbons (Fsp3) is 0.632. The van der Waals surface area contributed by atoms with Gasteiger partial charge in [-0.1, -0.05) is 19.0 Å². The summed E-state index contributed by atoms with van der Waals surface area (Å²) < 4.78 is 10.6. The van der Waals surface area contributed by atoms with Crippen LogP contribution in [0, 0.1) is 12.8 Å². The number of likely N-dealkylation sites (tertiary alicyclic amines) is 1. The number of nitrogens with one attached hydrogen (secondary N) is 1. The molecule has 0 atom stereocenters. The Labute approximate surface area is 154 Å². The first-order chi connectivity index (χ1) is 12.5. The lowest BCUT2D eigenvalue weighted by Gasteiger charge is -2.31. The third kappa shape index (κ3) is 4.94. The predicted octanol–water partition coefficient (Wildman–Crippen LogP) is 2.95. The Kier molecular flexibility index (Phi) is 6.08. The molecule has 0 spiro atoms. The van der Waals surface area contributed by atoms with Gasteiger partial charge in [0.2, 0.25) is 5.89 Å². The molecule has 26 heavy (non-hydrogen) atoms.